The highest BCUT2D eigenvalue weighted by atomic mass is 35.5. The van der Waals surface area contributed by atoms with E-state index in [9.17, 15) is 0 Å². The van der Waals surface area contributed by atoms with Crippen molar-refractivity contribution in [2.75, 3.05) is 11.4 Å². The molecule has 6 heteroatoms. The standard InChI is InChI=1S/C15H16ClN5/c1-9-18-13-8-21(4-3-14(13)20(9)2)15-6-10(16)5-12-11(15)7-17-19-12/h5-7H,3-4,8H2,1-2H3,(H,17,19). The number of imidazole rings is 1. The molecule has 3 heterocycles. The fraction of sp³-hybridized carbons (Fsp3) is 0.333. The first-order valence-corrected chi connectivity index (χ1v) is 7.40. The van der Waals surface area contributed by atoms with Crippen molar-refractivity contribution in [1.29, 1.82) is 0 Å². The minimum Gasteiger partial charge on any atom is -0.365 e. The number of hydrogen-bond acceptors (Lipinski definition) is 3. The van der Waals surface area contributed by atoms with Gasteiger partial charge in [-0.3, -0.25) is 5.10 Å². The van der Waals surface area contributed by atoms with Gasteiger partial charge in [0.1, 0.15) is 5.82 Å². The van der Waals surface area contributed by atoms with E-state index < -0.39 is 0 Å². The van der Waals surface area contributed by atoms with E-state index in [0.29, 0.717) is 0 Å². The summed E-state index contributed by atoms with van der Waals surface area (Å²) in [6, 6.07) is 3.92. The van der Waals surface area contributed by atoms with Gasteiger partial charge in [0.2, 0.25) is 0 Å². The first-order valence-electron chi connectivity index (χ1n) is 7.02. The summed E-state index contributed by atoms with van der Waals surface area (Å²) in [5.74, 6) is 1.07. The van der Waals surface area contributed by atoms with Gasteiger partial charge in [0.25, 0.3) is 0 Å². The number of hydrogen-bond donors (Lipinski definition) is 1. The number of fused-ring (bicyclic) bond motifs is 2. The molecular formula is C15H16ClN5. The van der Waals surface area contributed by atoms with Gasteiger partial charge in [0.05, 0.1) is 24.0 Å². The van der Waals surface area contributed by atoms with Crippen LogP contribution in [0.4, 0.5) is 5.69 Å². The van der Waals surface area contributed by atoms with Gasteiger partial charge >= 0.3 is 0 Å². The van der Waals surface area contributed by atoms with Gasteiger partial charge < -0.3 is 9.47 Å². The molecule has 21 heavy (non-hydrogen) atoms. The third-order valence-corrected chi connectivity index (χ3v) is 4.54. The third kappa shape index (κ3) is 1.92. The zero-order chi connectivity index (χ0) is 14.6. The van der Waals surface area contributed by atoms with E-state index in [1.54, 1.807) is 0 Å². The normalized spacial score (nSPS) is 14.7. The van der Waals surface area contributed by atoms with Crippen molar-refractivity contribution < 1.29 is 0 Å². The number of rotatable bonds is 1. The smallest absolute Gasteiger partial charge is 0.105 e. The van der Waals surface area contributed by atoms with Gasteiger partial charge in [0, 0.05) is 41.8 Å². The van der Waals surface area contributed by atoms with E-state index in [4.69, 9.17) is 11.6 Å². The maximum Gasteiger partial charge on any atom is 0.105 e. The molecule has 0 atom stereocenters. The zero-order valence-corrected chi connectivity index (χ0v) is 12.8. The Hall–Kier alpha value is -2.01. The highest BCUT2D eigenvalue weighted by Crippen LogP contribution is 2.32. The minimum atomic E-state index is 0.727. The average Bonchev–Trinajstić information content (AvgIpc) is 3.03. The van der Waals surface area contributed by atoms with Crippen molar-refractivity contribution in [2.24, 2.45) is 7.05 Å². The number of benzene rings is 1. The monoisotopic (exact) mass is 301 g/mol. The number of aromatic amines is 1. The lowest BCUT2D eigenvalue weighted by Gasteiger charge is -2.29. The molecular weight excluding hydrogens is 286 g/mol. The summed E-state index contributed by atoms with van der Waals surface area (Å²) < 4.78 is 2.19. The molecule has 0 fully saturated rings. The molecule has 3 aromatic rings. The van der Waals surface area contributed by atoms with Crippen LogP contribution in [-0.4, -0.2) is 26.3 Å². The molecule has 1 aliphatic heterocycles. The molecule has 2 aromatic heterocycles. The number of halogens is 1. The lowest BCUT2D eigenvalue weighted by atomic mass is 10.1. The van der Waals surface area contributed by atoms with Crippen molar-refractivity contribution >= 4 is 28.2 Å². The van der Waals surface area contributed by atoms with Crippen LogP contribution in [0.25, 0.3) is 10.9 Å². The fourth-order valence-electron chi connectivity index (χ4n) is 3.13. The van der Waals surface area contributed by atoms with Crippen LogP contribution in [0, 0.1) is 6.92 Å². The molecule has 0 unspecified atom stereocenters. The van der Waals surface area contributed by atoms with Crippen LogP contribution in [0.1, 0.15) is 17.2 Å². The summed E-state index contributed by atoms with van der Waals surface area (Å²) in [5, 5.41) is 8.96. The Labute approximate surface area is 127 Å². The predicted molar refractivity (Wildman–Crippen MR) is 83.8 cm³/mol. The summed E-state index contributed by atoms with van der Waals surface area (Å²) in [6.07, 6.45) is 2.86. The Morgan fingerprint density at radius 2 is 2.19 bits per heavy atom. The van der Waals surface area contributed by atoms with E-state index in [-0.39, 0.29) is 0 Å². The van der Waals surface area contributed by atoms with Gasteiger partial charge in [0.15, 0.2) is 0 Å². The highest BCUT2D eigenvalue weighted by Gasteiger charge is 2.23. The lowest BCUT2D eigenvalue weighted by Crippen LogP contribution is -2.31. The number of H-pyrrole nitrogens is 1. The van der Waals surface area contributed by atoms with Crippen LogP contribution in [0.15, 0.2) is 18.3 Å². The zero-order valence-electron chi connectivity index (χ0n) is 12.0. The van der Waals surface area contributed by atoms with E-state index in [2.05, 4.69) is 38.6 Å². The van der Waals surface area contributed by atoms with Crippen LogP contribution in [-0.2, 0) is 20.0 Å². The molecule has 108 valence electrons. The van der Waals surface area contributed by atoms with Crippen LogP contribution in [0.5, 0.6) is 0 Å². The molecule has 0 bridgehead atoms. The second-order valence-electron chi connectivity index (χ2n) is 5.54. The summed E-state index contributed by atoms with van der Waals surface area (Å²) in [6.45, 7) is 3.83. The van der Waals surface area contributed by atoms with Gasteiger partial charge in [-0.1, -0.05) is 11.6 Å². The largest absolute Gasteiger partial charge is 0.365 e. The summed E-state index contributed by atoms with van der Waals surface area (Å²) in [5.41, 5.74) is 4.60. The van der Waals surface area contributed by atoms with Gasteiger partial charge in [-0.2, -0.15) is 5.10 Å². The lowest BCUT2D eigenvalue weighted by molar-refractivity contribution is 0.682. The van der Waals surface area contributed by atoms with Gasteiger partial charge in [-0.25, -0.2) is 4.98 Å². The van der Waals surface area contributed by atoms with Crippen molar-refractivity contribution in [3.05, 3.63) is 40.6 Å². The number of anilines is 1. The molecule has 5 nitrogen and oxygen atoms in total. The predicted octanol–water partition coefficient (Wildman–Crippen LogP) is 2.82. The summed E-state index contributed by atoms with van der Waals surface area (Å²) in [7, 11) is 2.09. The Balaban J connectivity index is 1.79. The summed E-state index contributed by atoms with van der Waals surface area (Å²) in [4.78, 5) is 7.01. The number of nitrogens with zero attached hydrogens (tertiary/aromatic N) is 4. The Morgan fingerprint density at radius 1 is 1.33 bits per heavy atom. The van der Waals surface area contributed by atoms with Crippen molar-refractivity contribution in [3.8, 4) is 0 Å². The van der Waals surface area contributed by atoms with Crippen LogP contribution in [0.3, 0.4) is 0 Å². The SMILES string of the molecule is Cc1nc2c(n1C)CCN(c1cc(Cl)cc3[nH]ncc13)C2. The molecule has 0 aliphatic carbocycles. The topological polar surface area (TPSA) is 49.7 Å². The molecule has 0 saturated heterocycles. The third-order valence-electron chi connectivity index (χ3n) is 4.32. The fourth-order valence-corrected chi connectivity index (χ4v) is 3.34. The first kappa shape index (κ1) is 12.7. The maximum atomic E-state index is 6.24. The van der Waals surface area contributed by atoms with Crippen LogP contribution >= 0.6 is 11.6 Å². The number of aryl methyl sites for hydroxylation is 1. The second-order valence-corrected chi connectivity index (χ2v) is 5.98. The molecule has 0 spiro atoms. The summed E-state index contributed by atoms with van der Waals surface area (Å²) >= 11 is 6.24. The van der Waals surface area contributed by atoms with Crippen molar-refractivity contribution in [1.82, 2.24) is 19.7 Å². The Morgan fingerprint density at radius 3 is 3.05 bits per heavy atom. The van der Waals surface area contributed by atoms with Crippen molar-refractivity contribution in [3.63, 3.8) is 0 Å². The molecule has 0 radical (unpaired) electrons. The van der Waals surface area contributed by atoms with E-state index in [1.165, 1.54) is 5.69 Å². The molecule has 0 saturated carbocycles. The first-order chi connectivity index (χ1) is 10.1. The van der Waals surface area contributed by atoms with E-state index >= 15 is 0 Å². The number of nitrogens with one attached hydrogen (secondary N) is 1. The molecule has 1 N–H and O–H groups in total. The van der Waals surface area contributed by atoms with Crippen LogP contribution in [0.2, 0.25) is 5.02 Å². The second kappa shape index (κ2) is 4.49. The Kier molecular flexibility index (Phi) is 2.72. The molecule has 4 rings (SSSR count). The van der Waals surface area contributed by atoms with Gasteiger partial charge in [-0.15, -0.1) is 0 Å². The minimum absolute atomic E-state index is 0.727. The Bertz CT molecular complexity index is 832. The van der Waals surface area contributed by atoms with E-state index in [0.717, 1.165) is 52.6 Å². The average molecular weight is 302 g/mol. The van der Waals surface area contributed by atoms with Crippen molar-refractivity contribution in [2.45, 2.75) is 19.9 Å². The molecule has 1 aliphatic rings. The van der Waals surface area contributed by atoms with Crippen LogP contribution < -0.4 is 4.90 Å². The van der Waals surface area contributed by atoms with Gasteiger partial charge in [-0.05, 0) is 19.1 Å². The number of aromatic nitrogens is 4. The molecule has 0 amide bonds. The quantitative estimate of drug-likeness (QED) is 0.752. The van der Waals surface area contributed by atoms with E-state index in [1.807, 2.05) is 18.3 Å². The highest BCUT2D eigenvalue weighted by molar-refractivity contribution is 6.31. The maximum absolute atomic E-state index is 6.24. The molecule has 1 aromatic carbocycles.